The van der Waals surface area contributed by atoms with Crippen molar-refractivity contribution in [1.82, 2.24) is 9.80 Å². The molecule has 1 amide bonds. The fourth-order valence-electron chi connectivity index (χ4n) is 1.86. The molecule has 1 aliphatic heterocycles. The van der Waals surface area contributed by atoms with E-state index in [0.29, 0.717) is 6.42 Å². The minimum absolute atomic E-state index is 0.161. The topological polar surface area (TPSA) is 43.8 Å². The molecule has 1 heterocycles. The van der Waals surface area contributed by atoms with Crippen molar-refractivity contribution in [3.63, 3.8) is 0 Å². The van der Waals surface area contributed by atoms with E-state index in [2.05, 4.69) is 4.90 Å². The van der Waals surface area contributed by atoms with E-state index in [9.17, 15) is 4.79 Å². The van der Waals surface area contributed by atoms with Gasteiger partial charge in [-0.25, -0.2) is 0 Å². The molecule has 0 saturated carbocycles. The molecule has 1 fully saturated rings. The number of aliphatic hydroxyl groups is 1. The molecule has 0 aromatic heterocycles. The standard InChI is InChI=1S/C10H20N2O2/c1-11(2)10(14)5-7-12-6-3-4-9(12)8-13/h9,13H,3-8H2,1-2H3/t9-/m0/s1. The highest BCUT2D eigenvalue weighted by molar-refractivity contribution is 5.75. The van der Waals surface area contributed by atoms with Crippen molar-refractivity contribution in [2.24, 2.45) is 0 Å². The lowest BCUT2D eigenvalue weighted by atomic mass is 10.2. The van der Waals surface area contributed by atoms with E-state index in [1.807, 2.05) is 0 Å². The molecule has 1 saturated heterocycles. The van der Waals surface area contributed by atoms with Crippen LogP contribution in [0.5, 0.6) is 0 Å². The summed E-state index contributed by atoms with van der Waals surface area (Å²) in [5.74, 6) is 0.161. The van der Waals surface area contributed by atoms with Gasteiger partial charge in [0.15, 0.2) is 0 Å². The van der Waals surface area contributed by atoms with Crippen molar-refractivity contribution in [3.8, 4) is 0 Å². The second kappa shape index (κ2) is 5.32. The third kappa shape index (κ3) is 2.96. The Morgan fingerprint density at radius 1 is 1.57 bits per heavy atom. The highest BCUT2D eigenvalue weighted by Crippen LogP contribution is 2.16. The van der Waals surface area contributed by atoms with Crippen LogP contribution in [0.1, 0.15) is 19.3 Å². The second-order valence-corrected chi connectivity index (χ2v) is 4.05. The van der Waals surface area contributed by atoms with Gasteiger partial charge in [0, 0.05) is 33.1 Å². The van der Waals surface area contributed by atoms with E-state index in [1.54, 1.807) is 19.0 Å². The van der Waals surface area contributed by atoms with Gasteiger partial charge in [-0.2, -0.15) is 0 Å². The molecule has 0 radical (unpaired) electrons. The number of amides is 1. The van der Waals surface area contributed by atoms with Gasteiger partial charge in [-0.3, -0.25) is 9.69 Å². The van der Waals surface area contributed by atoms with Gasteiger partial charge >= 0.3 is 0 Å². The highest BCUT2D eigenvalue weighted by atomic mass is 16.3. The van der Waals surface area contributed by atoms with Gasteiger partial charge in [-0.1, -0.05) is 0 Å². The molecule has 14 heavy (non-hydrogen) atoms. The lowest BCUT2D eigenvalue weighted by Gasteiger charge is -2.22. The van der Waals surface area contributed by atoms with E-state index in [4.69, 9.17) is 5.11 Å². The summed E-state index contributed by atoms with van der Waals surface area (Å²) >= 11 is 0. The van der Waals surface area contributed by atoms with Gasteiger partial charge in [0.05, 0.1) is 6.61 Å². The zero-order valence-electron chi connectivity index (χ0n) is 9.07. The number of aliphatic hydroxyl groups excluding tert-OH is 1. The summed E-state index contributed by atoms with van der Waals surface area (Å²) < 4.78 is 0. The van der Waals surface area contributed by atoms with Crippen molar-refractivity contribution in [2.75, 3.05) is 33.8 Å². The van der Waals surface area contributed by atoms with E-state index < -0.39 is 0 Å². The lowest BCUT2D eigenvalue weighted by Crippen LogP contribution is -2.35. The number of carbonyl (C=O) groups excluding carboxylic acids is 1. The first-order chi connectivity index (χ1) is 6.65. The van der Waals surface area contributed by atoms with Crippen LogP contribution in [0.2, 0.25) is 0 Å². The molecule has 1 N–H and O–H groups in total. The molecule has 82 valence electrons. The summed E-state index contributed by atoms with van der Waals surface area (Å²) in [4.78, 5) is 15.2. The zero-order chi connectivity index (χ0) is 10.6. The molecule has 4 nitrogen and oxygen atoms in total. The number of nitrogens with zero attached hydrogens (tertiary/aromatic N) is 2. The minimum Gasteiger partial charge on any atom is -0.395 e. The van der Waals surface area contributed by atoms with E-state index in [-0.39, 0.29) is 18.6 Å². The Bertz CT molecular complexity index is 195. The summed E-state index contributed by atoms with van der Waals surface area (Å²) in [5, 5.41) is 9.07. The highest BCUT2D eigenvalue weighted by Gasteiger charge is 2.23. The van der Waals surface area contributed by atoms with E-state index in [0.717, 1.165) is 25.9 Å². The molecule has 0 unspecified atom stereocenters. The minimum atomic E-state index is 0.161. The Balaban J connectivity index is 2.27. The first kappa shape index (κ1) is 11.5. The quantitative estimate of drug-likeness (QED) is 0.690. The van der Waals surface area contributed by atoms with Crippen molar-refractivity contribution in [3.05, 3.63) is 0 Å². The molecular weight excluding hydrogens is 180 g/mol. The predicted molar refractivity (Wildman–Crippen MR) is 55.0 cm³/mol. The van der Waals surface area contributed by atoms with E-state index in [1.165, 1.54) is 0 Å². The average Bonchev–Trinajstić information content (AvgIpc) is 2.60. The molecule has 1 atom stereocenters. The fraction of sp³-hybridized carbons (Fsp3) is 0.900. The van der Waals surface area contributed by atoms with E-state index >= 15 is 0 Å². The summed E-state index contributed by atoms with van der Waals surface area (Å²) in [6.07, 6.45) is 2.76. The van der Waals surface area contributed by atoms with Crippen LogP contribution >= 0.6 is 0 Å². The molecule has 0 spiro atoms. The normalized spacial score (nSPS) is 22.6. The van der Waals surface area contributed by atoms with Gasteiger partial charge in [-0.05, 0) is 19.4 Å². The summed E-state index contributed by atoms with van der Waals surface area (Å²) in [6, 6.07) is 0.282. The molecule has 4 heteroatoms. The Labute approximate surface area is 85.5 Å². The van der Waals surface area contributed by atoms with Crippen molar-refractivity contribution >= 4 is 5.91 Å². The number of rotatable bonds is 4. The summed E-state index contributed by atoms with van der Waals surface area (Å²) in [5.41, 5.74) is 0. The van der Waals surface area contributed by atoms with Crippen molar-refractivity contribution in [1.29, 1.82) is 0 Å². The average molecular weight is 200 g/mol. The number of carbonyl (C=O) groups is 1. The molecular formula is C10H20N2O2. The zero-order valence-corrected chi connectivity index (χ0v) is 9.07. The molecule has 0 aromatic rings. The molecule has 0 bridgehead atoms. The lowest BCUT2D eigenvalue weighted by molar-refractivity contribution is -0.129. The number of likely N-dealkylation sites (tertiary alicyclic amines) is 1. The largest absolute Gasteiger partial charge is 0.395 e. The van der Waals surface area contributed by atoms with Gasteiger partial charge in [0.25, 0.3) is 0 Å². The SMILES string of the molecule is CN(C)C(=O)CCN1CCC[C@H]1CO. The van der Waals surface area contributed by atoms with Crippen LogP contribution in [0.3, 0.4) is 0 Å². The van der Waals surface area contributed by atoms with Crippen LogP contribution < -0.4 is 0 Å². The first-order valence-electron chi connectivity index (χ1n) is 5.20. The molecule has 0 aliphatic carbocycles. The summed E-state index contributed by atoms with van der Waals surface area (Å²) in [7, 11) is 3.55. The van der Waals surface area contributed by atoms with Gasteiger partial charge in [0.2, 0.25) is 5.91 Å². The molecule has 0 aromatic carbocycles. The predicted octanol–water partition coefficient (Wildman–Crippen LogP) is -0.0786. The van der Waals surface area contributed by atoms with Crippen LogP contribution in [0.15, 0.2) is 0 Å². The molecule has 1 aliphatic rings. The van der Waals surface area contributed by atoms with Crippen LogP contribution in [0.25, 0.3) is 0 Å². The van der Waals surface area contributed by atoms with Crippen LogP contribution in [0, 0.1) is 0 Å². The maximum absolute atomic E-state index is 11.3. The second-order valence-electron chi connectivity index (χ2n) is 4.05. The first-order valence-corrected chi connectivity index (χ1v) is 5.20. The molecule has 1 rings (SSSR count). The van der Waals surface area contributed by atoms with Crippen molar-refractivity contribution in [2.45, 2.75) is 25.3 Å². The van der Waals surface area contributed by atoms with Gasteiger partial charge in [0.1, 0.15) is 0 Å². The van der Waals surface area contributed by atoms with Crippen LogP contribution in [-0.2, 0) is 4.79 Å². The Kier molecular flexibility index (Phi) is 4.35. The van der Waals surface area contributed by atoms with Gasteiger partial charge in [-0.15, -0.1) is 0 Å². The Morgan fingerprint density at radius 2 is 2.29 bits per heavy atom. The smallest absolute Gasteiger partial charge is 0.223 e. The van der Waals surface area contributed by atoms with Crippen LogP contribution in [0.4, 0.5) is 0 Å². The third-order valence-corrected chi connectivity index (χ3v) is 2.82. The Morgan fingerprint density at radius 3 is 2.86 bits per heavy atom. The fourth-order valence-corrected chi connectivity index (χ4v) is 1.86. The third-order valence-electron chi connectivity index (χ3n) is 2.82. The maximum atomic E-state index is 11.3. The maximum Gasteiger partial charge on any atom is 0.223 e. The van der Waals surface area contributed by atoms with Gasteiger partial charge < -0.3 is 10.0 Å². The number of hydrogen-bond donors (Lipinski definition) is 1. The summed E-state index contributed by atoms with van der Waals surface area (Å²) in [6.45, 7) is 2.02. The monoisotopic (exact) mass is 200 g/mol. The van der Waals surface area contributed by atoms with Crippen molar-refractivity contribution < 1.29 is 9.90 Å². The van der Waals surface area contributed by atoms with Crippen LogP contribution in [-0.4, -0.2) is 60.6 Å². The number of hydrogen-bond acceptors (Lipinski definition) is 3. The Hall–Kier alpha value is -0.610.